The lowest BCUT2D eigenvalue weighted by Gasteiger charge is -2.21. The first-order valence-electron chi connectivity index (χ1n) is 7.60. The third-order valence-electron chi connectivity index (χ3n) is 3.88. The van der Waals surface area contributed by atoms with Crippen LogP contribution in [0.25, 0.3) is 10.9 Å². The number of fused-ring (bicyclic) bond motifs is 1. The van der Waals surface area contributed by atoms with Gasteiger partial charge in [0, 0.05) is 28.2 Å². The number of rotatable bonds is 4. The average Bonchev–Trinajstić information content (AvgIpc) is 3.15. The van der Waals surface area contributed by atoms with Crippen LogP contribution in [0.15, 0.2) is 72.4 Å². The summed E-state index contributed by atoms with van der Waals surface area (Å²) in [6, 6.07) is 17.0. The molecule has 0 radical (unpaired) electrons. The number of anilines is 1. The maximum absolute atomic E-state index is 10.6. The fourth-order valence-corrected chi connectivity index (χ4v) is 3.59. The monoisotopic (exact) mass is 333 g/mol. The fraction of sp³-hybridized carbons (Fsp3) is 0.0526. The van der Waals surface area contributed by atoms with Crippen LogP contribution in [-0.4, -0.2) is 15.1 Å². The van der Waals surface area contributed by atoms with Crippen molar-refractivity contribution in [3.63, 3.8) is 0 Å². The summed E-state index contributed by atoms with van der Waals surface area (Å²) in [7, 11) is 0. The van der Waals surface area contributed by atoms with E-state index in [-0.39, 0.29) is 11.8 Å². The molecule has 0 saturated carbocycles. The second-order valence-corrected chi connectivity index (χ2v) is 6.36. The molecule has 0 amide bonds. The second-order valence-electron chi connectivity index (χ2n) is 5.38. The summed E-state index contributed by atoms with van der Waals surface area (Å²) in [4.78, 5) is 9.87. The van der Waals surface area contributed by atoms with Gasteiger partial charge in [-0.15, -0.1) is 11.3 Å². The molecule has 0 bridgehead atoms. The first kappa shape index (κ1) is 14.7. The number of nitrogens with zero attached hydrogens (tertiary/aromatic N) is 2. The highest BCUT2D eigenvalue weighted by Crippen LogP contribution is 2.38. The Labute approximate surface area is 143 Å². The van der Waals surface area contributed by atoms with Gasteiger partial charge in [0.15, 0.2) is 0 Å². The second kappa shape index (κ2) is 6.29. The third kappa shape index (κ3) is 2.70. The van der Waals surface area contributed by atoms with Crippen LogP contribution < -0.4 is 5.32 Å². The van der Waals surface area contributed by atoms with Crippen LogP contribution in [0.4, 0.5) is 5.82 Å². The van der Waals surface area contributed by atoms with Gasteiger partial charge in [0.05, 0.1) is 11.6 Å². The molecule has 0 aliphatic rings. The molecule has 118 valence electrons. The highest BCUT2D eigenvalue weighted by molar-refractivity contribution is 7.10. The first-order valence-corrected chi connectivity index (χ1v) is 8.48. The molecule has 4 aromatic rings. The van der Waals surface area contributed by atoms with Gasteiger partial charge in [0.25, 0.3) is 0 Å². The van der Waals surface area contributed by atoms with Gasteiger partial charge in [-0.05, 0) is 41.8 Å². The molecule has 4 rings (SSSR count). The van der Waals surface area contributed by atoms with Crippen LogP contribution >= 0.6 is 11.3 Å². The van der Waals surface area contributed by atoms with Crippen molar-refractivity contribution in [2.24, 2.45) is 0 Å². The number of hydrogen-bond acceptors (Lipinski definition) is 5. The molecule has 1 atom stereocenters. The summed E-state index contributed by atoms with van der Waals surface area (Å²) < 4.78 is 0. The molecule has 0 aliphatic carbocycles. The van der Waals surface area contributed by atoms with Crippen molar-refractivity contribution in [3.8, 4) is 5.75 Å². The molecule has 2 N–H and O–H groups in total. The summed E-state index contributed by atoms with van der Waals surface area (Å²) in [5.74, 6) is 1.01. The van der Waals surface area contributed by atoms with Crippen molar-refractivity contribution >= 4 is 28.1 Å². The van der Waals surface area contributed by atoms with E-state index in [1.165, 1.54) is 0 Å². The number of pyridine rings is 2. The normalized spacial score (nSPS) is 12.2. The van der Waals surface area contributed by atoms with Gasteiger partial charge >= 0.3 is 0 Å². The van der Waals surface area contributed by atoms with E-state index in [0.717, 1.165) is 27.2 Å². The Morgan fingerprint density at radius 3 is 2.62 bits per heavy atom. The maximum atomic E-state index is 10.6. The summed E-state index contributed by atoms with van der Waals surface area (Å²) >= 11 is 1.64. The van der Waals surface area contributed by atoms with E-state index >= 15 is 0 Å². The molecule has 0 fully saturated rings. The van der Waals surface area contributed by atoms with Gasteiger partial charge in [-0.25, -0.2) is 4.98 Å². The van der Waals surface area contributed by atoms with Crippen LogP contribution in [0.3, 0.4) is 0 Å². The zero-order valence-electron chi connectivity index (χ0n) is 12.8. The van der Waals surface area contributed by atoms with Crippen molar-refractivity contribution in [1.29, 1.82) is 0 Å². The minimum Gasteiger partial charge on any atom is -0.508 e. The molecule has 3 aromatic heterocycles. The molecule has 1 aromatic carbocycles. The number of phenols is 1. The van der Waals surface area contributed by atoms with E-state index in [1.54, 1.807) is 29.8 Å². The average molecular weight is 333 g/mol. The largest absolute Gasteiger partial charge is 0.508 e. The summed E-state index contributed by atoms with van der Waals surface area (Å²) in [5, 5.41) is 17.0. The Hall–Kier alpha value is -2.92. The molecule has 1 unspecified atom stereocenters. The van der Waals surface area contributed by atoms with E-state index in [9.17, 15) is 5.11 Å². The predicted molar refractivity (Wildman–Crippen MR) is 97.4 cm³/mol. The lowest BCUT2D eigenvalue weighted by Crippen LogP contribution is -2.13. The van der Waals surface area contributed by atoms with Crippen molar-refractivity contribution in [2.45, 2.75) is 6.04 Å². The van der Waals surface area contributed by atoms with E-state index < -0.39 is 0 Å². The summed E-state index contributed by atoms with van der Waals surface area (Å²) in [6.45, 7) is 0. The van der Waals surface area contributed by atoms with Crippen molar-refractivity contribution < 1.29 is 5.11 Å². The Balaban J connectivity index is 1.90. The molecule has 3 heterocycles. The highest BCUT2D eigenvalue weighted by Gasteiger charge is 2.22. The maximum Gasteiger partial charge on any atom is 0.126 e. The minimum atomic E-state index is -0.201. The smallest absolute Gasteiger partial charge is 0.126 e. The first-order chi connectivity index (χ1) is 11.8. The standard InChI is InChI=1S/C19H15N3OS/c23-15-9-8-14-13(5-3-11-20-14)18(15)19(16-6-4-12-24-16)22-17-7-1-2-10-21-17/h1-12,19,23H,(H,21,22). The topological polar surface area (TPSA) is 58.0 Å². The van der Waals surface area contributed by atoms with Gasteiger partial charge in [-0.3, -0.25) is 4.98 Å². The van der Waals surface area contributed by atoms with Crippen molar-refractivity contribution in [1.82, 2.24) is 9.97 Å². The molecule has 0 saturated heterocycles. The van der Waals surface area contributed by atoms with Crippen LogP contribution in [0.2, 0.25) is 0 Å². The number of phenolic OH excluding ortho intramolecular Hbond substituents is 1. The van der Waals surface area contributed by atoms with Crippen LogP contribution in [0.1, 0.15) is 16.5 Å². The molecule has 5 heteroatoms. The van der Waals surface area contributed by atoms with E-state index in [1.807, 2.05) is 47.8 Å². The molecule has 24 heavy (non-hydrogen) atoms. The van der Waals surface area contributed by atoms with Gasteiger partial charge < -0.3 is 10.4 Å². The molecular formula is C19H15N3OS. The summed E-state index contributed by atoms with van der Waals surface area (Å²) in [6.07, 6.45) is 3.51. The Bertz CT molecular complexity index is 955. The Kier molecular flexibility index (Phi) is 3.84. The van der Waals surface area contributed by atoms with Crippen LogP contribution in [-0.2, 0) is 0 Å². The number of aromatic hydroxyl groups is 1. The minimum absolute atomic E-state index is 0.201. The van der Waals surface area contributed by atoms with E-state index in [2.05, 4.69) is 21.4 Å². The quantitative estimate of drug-likeness (QED) is 0.573. The lowest BCUT2D eigenvalue weighted by atomic mass is 9.98. The zero-order chi connectivity index (χ0) is 16.4. The Morgan fingerprint density at radius 2 is 1.83 bits per heavy atom. The molecule has 0 spiro atoms. The number of hydrogen-bond donors (Lipinski definition) is 2. The van der Waals surface area contributed by atoms with Gasteiger partial charge in [-0.1, -0.05) is 18.2 Å². The molecule has 0 aliphatic heterocycles. The number of benzene rings is 1. The van der Waals surface area contributed by atoms with Gasteiger partial charge in [-0.2, -0.15) is 0 Å². The summed E-state index contributed by atoms with van der Waals surface area (Å²) in [5.41, 5.74) is 1.67. The van der Waals surface area contributed by atoms with Crippen LogP contribution in [0.5, 0.6) is 5.75 Å². The SMILES string of the molecule is Oc1ccc2ncccc2c1C(Nc1ccccn1)c1cccs1. The van der Waals surface area contributed by atoms with Gasteiger partial charge in [0.2, 0.25) is 0 Å². The fourth-order valence-electron chi connectivity index (χ4n) is 2.80. The third-order valence-corrected chi connectivity index (χ3v) is 4.81. The van der Waals surface area contributed by atoms with Crippen molar-refractivity contribution in [3.05, 3.63) is 82.8 Å². The van der Waals surface area contributed by atoms with Gasteiger partial charge in [0.1, 0.15) is 11.6 Å². The highest BCUT2D eigenvalue weighted by atomic mass is 32.1. The Morgan fingerprint density at radius 1 is 0.917 bits per heavy atom. The molecule has 4 nitrogen and oxygen atoms in total. The zero-order valence-corrected chi connectivity index (χ0v) is 13.6. The van der Waals surface area contributed by atoms with E-state index in [0.29, 0.717) is 0 Å². The molecular weight excluding hydrogens is 318 g/mol. The number of aromatic nitrogens is 2. The number of nitrogens with one attached hydrogen (secondary N) is 1. The van der Waals surface area contributed by atoms with E-state index in [4.69, 9.17) is 0 Å². The van der Waals surface area contributed by atoms with Crippen molar-refractivity contribution in [2.75, 3.05) is 5.32 Å². The number of thiophene rings is 1. The predicted octanol–water partition coefficient (Wildman–Crippen LogP) is 4.60. The van der Waals surface area contributed by atoms with Crippen LogP contribution in [0, 0.1) is 0 Å². The lowest BCUT2D eigenvalue weighted by molar-refractivity contribution is 0.468.